The summed E-state index contributed by atoms with van der Waals surface area (Å²) in [5.41, 5.74) is 2.25. The molecule has 4 heteroatoms. The number of anilines is 1. The second-order valence-electron chi connectivity index (χ2n) is 4.88. The van der Waals surface area contributed by atoms with Crippen molar-refractivity contribution >= 4 is 17.3 Å². The zero-order chi connectivity index (χ0) is 13.1. The average molecular weight is 264 g/mol. The van der Waals surface area contributed by atoms with Crippen molar-refractivity contribution in [1.29, 1.82) is 5.26 Å². The Morgan fingerprint density at radius 3 is 2.89 bits per heavy atom. The highest BCUT2D eigenvalue weighted by Gasteiger charge is 2.24. The largest absolute Gasteiger partial charge is 0.369 e. The summed E-state index contributed by atoms with van der Waals surface area (Å²) < 4.78 is 0. The predicted molar refractivity (Wildman–Crippen MR) is 75.1 cm³/mol. The first-order valence-electron chi connectivity index (χ1n) is 6.20. The molecule has 1 aromatic rings. The third-order valence-corrected chi connectivity index (χ3v) is 4.03. The standard InChI is InChI=1S/C14H18ClN3/c1-11-3-4-12(9-14(11)15)18-8-7-17(2)13(10-18)5-6-16/h3-4,9,13H,5,7-8,10H2,1-2H3. The Hall–Kier alpha value is -1.24. The van der Waals surface area contributed by atoms with E-state index >= 15 is 0 Å². The maximum Gasteiger partial charge on any atom is 0.0638 e. The molecule has 1 saturated heterocycles. The normalized spacial score (nSPS) is 20.8. The lowest BCUT2D eigenvalue weighted by Gasteiger charge is -2.39. The monoisotopic (exact) mass is 263 g/mol. The van der Waals surface area contributed by atoms with Crippen molar-refractivity contribution in [2.45, 2.75) is 19.4 Å². The van der Waals surface area contributed by atoms with Gasteiger partial charge in [-0.25, -0.2) is 0 Å². The molecule has 1 aliphatic heterocycles. The number of likely N-dealkylation sites (N-methyl/N-ethyl adjacent to an activating group) is 1. The lowest BCUT2D eigenvalue weighted by molar-refractivity contribution is 0.221. The Morgan fingerprint density at radius 2 is 2.22 bits per heavy atom. The summed E-state index contributed by atoms with van der Waals surface area (Å²) in [4.78, 5) is 4.57. The first-order valence-corrected chi connectivity index (χ1v) is 6.58. The second kappa shape index (κ2) is 5.60. The van der Waals surface area contributed by atoms with Crippen molar-refractivity contribution in [3.63, 3.8) is 0 Å². The van der Waals surface area contributed by atoms with Gasteiger partial charge in [-0.15, -0.1) is 0 Å². The van der Waals surface area contributed by atoms with Gasteiger partial charge in [0.2, 0.25) is 0 Å². The minimum absolute atomic E-state index is 0.309. The zero-order valence-corrected chi connectivity index (χ0v) is 11.6. The summed E-state index contributed by atoms with van der Waals surface area (Å²) in [7, 11) is 2.08. The summed E-state index contributed by atoms with van der Waals surface area (Å²) >= 11 is 6.17. The van der Waals surface area contributed by atoms with Gasteiger partial charge in [0.1, 0.15) is 0 Å². The van der Waals surface area contributed by atoms with Gasteiger partial charge in [-0.05, 0) is 31.7 Å². The Morgan fingerprint density at radius 1 is 1.44 bits per heavy atom. The minimum Gasteiger partial charge on any atom is -0.369 e. The molecule has 1 aliphatic rings. The lowest BCUT2D eigenvalue weighted by atomic mass is 10.1. The van der Waals surface area contributed by atoms with Crippen LogP contribution < -0.4 is 4.90 Å². The number of rotatable bonds is 2. The van der Waals surface area contributed by atoms with Crippen LogP contribution in [-0.4, -0.2) is 37.6 Å². The molecule has 1 atom stereocenters. The van der Waals surface area contributed by atoms with E-state index in [4.69, 9.17) is 16.9 Å². The Balaban J connectivity index is 2.14. The first-order chi connectivity index (χ1) is 8.61. The van der Waals surface area contributed by atoms with Crippen molar-refractivity contribution in [3.05, 3.63) is 28.8 Å². The maximum atomic E-state index is 8.86. The highest BCUT2D eigenvalue weighted by molar-refractivity contribution is 6.31. The van der Waals surface area contributed by atoms with E-state index in [0.29, 0.717) is 12.5 Å². The van der Waals surface area contributed by atoms with Gasteiger partial charge in [0.05, 0.1) is 12.5 Å². The average Bonchev–Trinajstić information content (AvgIpc) is 2.36. The molecule has 1 unspecified atom stereocenters. The number of hydrogen-bond donors (Lipinski definition) is 0. The van der Waals surface area contributed by atoms with E-state index < -0.39 is 0 Å². The topological polar surface area (TPSA) is 30.3 Å². The smallest absolute Gasteiger partial charge is 0.0638 e. The molecule has 2 rings (SSSR count). The molecule has 1 fully saturated rings. The maximum absolute atomic E-state index is 8.86. The summed E-state index contributed by atoms with van der Waals surface area (Å²) in [5, 5.41) is 9.67. The molecule has 0 radical (unpaired) electrons. The van der Waals surface area contributed by atoms with Crippen molar-refractivity contribution < 1.29 is 0 Å². The van der Waals surface area contributed by atoms with Gasteiger partial charge < -0.3 is 4.90 Å². The van der Waals surface area contributed by atoms with E-state index in [1.54, 1.807) is 0 Å². The highest BCUT2D eigenvalue weighted by Crippen LogP contribution is 2.25. The third-order valence-electron chi connectivity index (χ3n) is 3.62. The second-order valence-corrected chi connectivity index (χ2v) is 5.28. The van der Waals surface area contributed by atoms with Gasteiger partial charge in [0, 0.05) is 36.4 Å². The third kappa shape index (κ3) is 2.77. The summed E-state index contributed by atoms with van der Waals surface area (Å²) in [6, 6.07) is 8.75. The number of aryl methyl sites for hydroxylation is 1. The van der Waals surface area contributed by atoms with Crippen molar-refractivity contribution in [2.24, 2.45) is 0 Å². The number of benzene rings is 1. The SMILES string of the molecule is Cc1ccc(N2CCN(C)C(CC#N)C2)cc1Cl. The molecule has 0 spiro atoms. The quantitative estimate of drug-likeness (QED) is 0.822. The molecule has 18 heavy (non-hydrogen) atoms. The summed E-state index contributed by atoms with van der Waals surface area (Å²) in [6.45, 7) is 4.87. The van der Waals surface area contributed by atoms with Crippen LogP contribution >= 0.6 is 11.6 Å². The Kier molecular flexibility index (Phi) is 4.11. The van der Waals surface area contributed by atoms with Crippen LogP contribution in [0.3, 0.4) is 0 Å². The highest BCUT2D eigenvalue weighted by atomic mass is 35.5. The van der Waals surface area contributed by atoms with Gasteiger partial charge in [-0.1, -0.05) is 17.7 Å². The van der Waals surface area contributed by atoms with Gasteiger partial charge in [0.15, 0.2) is 0 Å². The lowest BCUT2D eigenvalue weighted by Crippen LogP contribution is -2.51. The van der Waals surface area contributed by atoms with Gasteiger partial charge in [-0.2, -0.15) is 5.26 Å². The first kappa shape index (κ1) is 13.2. The van der Waals surface area contributed by atoms with Crippen molar-refractivity contribution in [3.8, 4) is 6.07 Å². The zero-order valence-electron chi connectivity index (χ0n) is 10.9. The van der Waals surface area contributed by atoms with Crippen LogP contribution in [0.2, 0.25) is 5.02 Å². The van der Waals surface area contributed by atoms with Crippen LogP contribution in [0.25, 0.3) is 0 Å². The van der Waals surface area contributed by atoms with Crippen LogP contribution in [0.1, 0.15) is 12.0 Å². The fraction of sp³-hybridized carbons (Fsp3) is 0.500. The number of nitrogens with zero attached hydrogens (tertiary/aromatic N) is 3. The van der Waals surface area contributed by atoms with E-state index in [1.807, 2.05) is 13.0 Å². The predicted octanol–water partition coefficient (Wildman–Crippen LogP) is 2.68. The van der Waals surface area contributed by atoms with Crippen LogP contribution in [0.15, 0.2) is 18.2 Å². The Labute approximate surface area is 114 Å². The number of nitriles is 1. The molecule has 0 bridgehead atoms. The number of hydrogen-bond acceptors (Lipinski definition) is 3. The molecule has 0 aromatic heterocycles. The molecule has 96 valence electrons. The minimum atomic E-state index is 0.309. The van der Waals surface area contributed by atoms with Crippen LogP contribution in [0, 0.1) is 18.3 Å². The number of halogens is 1. The van der Waals surface area contributed by atoms with Crippen molar-refractivity contribution in [1.82, 2.24) is 4.90 Å². The molecule has 0 saturated carbocycles. The molecule has 0 amide bonds. The fourth-order valence-corrected chi connectivity index (χ4v) is 2.46. The molecule has 0 N–H and O–H groups in total. The van der Waals surface area contributed by atoms with E-state index in [-0.39, 0.29) is 0 Å². The van der Waals surface area contributed by atoms with Crippen LogP contribution in [0.5, 0.6) is 0 Å². The fourth-order valence-electron chi connectivity index (χ4n) is 2.28. The molecule has 1 heterocycles. The molecule has 0 aliphatic carbocycles. The van der Waals surface area contributed by atoms with E-state index in [9.17, 15) is 0 Å². The number of piperazine rings is 1. The molecule has 3 nitrogen and oxygen atoms in total. The van der Waals surface area contributed by atoms with E-state index in [2.05, 4.69) is 35.0 Å². The summed E-state index contributed by atoms with van der Waals surface area (Å²) in [6.07, 6.45) is 0.576. The summed E-state index contributed by atoms with van der Waals surface area (Å²) in [5.74, 6) is 0. The van der Waals surface area contributed by atoms with Gasteiger partial charge in [-0.3, -0.25) is 4.90 Å². The van der Waals surface area contributed by atoms with Crippen LogP contribution in [0.4, 0.5) is 5.69 Å². The molecule has 1 aromatic carbocycles. The van der Waals surface area contributed by atoms with Gasteiger partial charge in [0.25, 0.3) is 0 Å². The molecular weight excluding hydrogens is 246 g/mol. The van der Waals surface area contributed by atoms with E-state index in [0.717, 1.165) is 35.9 Å². The van der Waals surface area contributed by atoms with Crippen molar-refractivity contribution in [2.75, 3.05) is 31.6 Å². The van der Waals surface area contributed by atoms with Gasteiger partial charge >= 0.3 is 0 Å². The van der Waals surface area contributed by atoms with Crippen LogP contribution in [-0.2, 0) is 0 Å². The molecular formula is C14H18ClN3. The van der Waals surface area contributed by atoms with E-state index in [1.165, 1.54) is 0 Å². The Bertz CT molecular complexity index is 467.